The van der Waals surface area contributed by atoms with Gasteiger partial charge < -0.3 is 10.1 Å². The van der Waals surface area contributed by atoms with Gasteiger partial charge in [0, 0.05) is 17.3 Å². The lowest BCUT2D eigenvalue weighted by Crippen LogP contribution is -2.14. The number of anilines is 1. The monoisotopic (exact) mass is 388 g/mol. The van der Waals surface area contributed by atoms with E-state index in [4.69, 9.17) is 4.74 Å². The lowest BCUT2D eigenvalue weighted by atomic mass is 10.2. The summed E-state index contributed by atoms with van der Waals surface area (Å²) in [6.07, 6.45) is 0. The lowest BCUT2D eigenvalue weighted by Gasteiger charge is -2.05. The van der Waals surface area contributed by atoms with Crippen LogP contribution in [0.4, 0.5) is 10.1 Å². The number of nitrogens with one attached hydrogen (secondary N) is 1. The molecule has 1 N–H and O–H groups in total. The summed E-state index contributed by atoms with van der Waals surface area (Å²) in [7, 11) is 1.55. The van der Waals surface area contributed by atoms with E-state index in [1.807, 2.05) is 30.3 Å². The van der Waals surface area contributed by atoms with Crippen LogP contribution < -0.4 is 10.1 Å². The molecule has 0 unspecified atom stereocenters. The number of halogens is 1. The first-order chi connectivity index (χ1) is 14.1. The van der Waals surface area contributed by atoms with Gasteiger partial charge in [-0.15, -0.1) is 5.10 Å². The van der Waals surface area contributed by atoms with Crippen molar-refractivity contribution >= 4 is 11.6 Å². The fraction of sp³-hybridized carbons (Fsp3) is 0.0455. The molecule has 0 bridgehead atoms. The molecule has 0 radical (unpaired) electrons. The van der Waals surface area contributed by atoms with E-state index in [1.54, 1.807) is 43.5 Å². The Morgan fingerprint density at radius 1 is 1.00 bits per heavy atom. The van der Waals surface area contributed by atoms with Crippen LogP contribution in [-0.4, -0.2) is 27.8 Å². The van der Waals surface area contributed by atoms with Crippen molar-refractivity contribution in [3.8, 4) is 22.8 Å². The Bertz CT molecular complexity index is 1140. The maximum atomic E-state index is 13.3. The number of rotatable bonds is 5. The van der Waals surface area contributed by atoms with Gasteiger partial charge in [-0.05, 0) is 36.4 Å². The number of hydrogen-bond donors (Lipinski definition) is 1. The third-order valence-corrected chi connectivity index (χ3v) is 4.24. The summed E-state index contributed by atoms with van der Waals surface area (Å²) in [5.74, 6) is 0.281. The van der Waals surface area contributed by atoms with Crippen molar-refractivity contribution in [1.29, 1.82) is 0 Å². The van der Waals surface area contributed by atoms with E-state index in [0.29, 0.717) is 22.9 Å². The lowest BCUT2D eigenvalue weighted by molar-refractivity contribution is 0.101. The zero-order valence-corrected chi connectivity index (χ0v) is 15.5. The Balaban J connectivity index is 1.72. The molecule has 0 saturated heterocycles. The van der Waals surface area contributed by atoms with Gasteiger partial charge in [-0.2, -0.15) is 0 Å². The van der Waals surface area contributed by atoms with E-state index in [0.717, 1.165) is 5.56 Å². The fourth-order valence-corrected chi connectivity index (χ4v) is 2.83. The van der Waals surface area contributed by atoms with E-state index in [-0.39, 0.29) is 11.6 Å². The number of carbonyl (C=O) groups excluding carboxylic acids is 1. The highest BCUT2D eigenvalue weighted by Crippen LogP contribution is 2.22. The molecule has 4 aromatic rings. The van der Waals surface area contributed by atoms with Crippen molar-refractivity contribution in [2.75, 3.05) is 12.4 Å². The Morgan fingerprint density at radius 2 is 1.76 bits per heavy atom. The van der Waals surface area contributed by atoms with Crippen LogP contribution in [0.15, 0.2) is 78.9 Å². The second-order valence-electron chi connectivity index (χ2n) is 6.20. The van der Waals surface area contributed by atoms with Crippen LogP contribution >= 0.6 is 0 Å². The average molecular weight is 388 g/mol. The summed E-state index contributed by atoms with van der Waals surface area (Å²) < 4.78 is 20.0. The SMILES string of the molecule is COc1cccc(NC(=O)c2nc(-c3ccccc3)n(-c3ccc(F)cc3)n2)c1. The number of benzene rings is 3. The van der Waals surface area contributed by atoms with Crippen LogP contribution in [0.25, 0.3) is 17.1 Å². The van der Waals surface area contributed by atoms with Gasteiger partial charge in [-0.3, -0.25) is 4.79 Å². The smallest absolute Gasteiger partial charge is 0.295 e. The quantitative estimate of drug-likeness (QED) is 0.552. The van der Waals surface area contributed by atoms with Gasteiger partial charge in [-0.1, -0.05) is 36.4 Å². The summed E-state index contributed by atoms with van der Waals surface area (Å²) in [6, 6.07) is 22.2. The van der Waals surface area contributed by atoms with Crippen molar-refractivity contribution in [2.24, 2.45) is 0 Å². The Morgan fingerprint density at radius 3 is 2.48 bits per heavy atom. The molecule has 6 nitrogen and oxygen atoms in total. The first-order valence-electron chi connectivity index (χ1n) is 8.88. The van der Waals surface area contributed by atoms with E-state index in [2.05, 4.69) is 15.4 Å². The summed E-state index contributed by atoms with van der Waals surface area (Å²) in [5.41, 5.74) is 1.94. The topological polar surface area (TPSA) is 69.0 Å². The normalized spacial score (nSPS) is 10.6. The van der Waals surface area contributed by atoms with Crippen LogP contribution in [0.1, 0.15) is 10.6 Å². The number of methoxy groups -OCH3 is 1. The van der Waals surface area contributed by atoms with E-state index < -0.39 is 5.91 Å². The largest absolute Gasteiger partial charge is 0.497 e. The molecule has 1 heterocycles. The standard InChI is InChI=1S/C22H17FN4O2/c1-29-19-9-5-8-17(14-19)24-22(28)20-25-21(15-6-3-2-4-7-15)27(26-20)18-12-10-16(23)11-13-18/h2-14H,1H3,(H,24,28). The van der Waals surface area contributed by atoms with Crippen LogP contribution in [0.2, 0.25) is 0 Å². The van der Waals surface area contributed by atoms with Crippen LogP contribution in [0.5, 0.6) is 5.75 Å². The first kappa shape index (κ1) is 18.4. The highest BCUT2D eigenvalue weighted by molar-refractivity contribution is 6.01. The van der Waals surface area contributed by atoms with Crippen molar-refractivity contribution in [2.45, 2.75) is 0 Å². The molecule has 3 aromatic carbocycles. The molecule has 1 aromatic heterocycles. The number of hydrogen-bond acceptors (Lipinski definition) is 4. The number of aromatic nitrogens is 3. The Kier molecular flexibility index (Phi) is 5.03. The summed E-state index contributed by atoms with van der Waals surface area (Å²) in [6.45, 7) is 0. The van der Waals surface area contributed by atoms with Crippen molar-refractivity contribution < 1.29 is 13.9 Å². The van der Waals surface area contributed by atoms with Gasteiger partial charge in [0.2, 0.25) is 5.82 Å². The second kappa shape index (κ2) is 7.93. The highest BCUT2D eigenvalue weighted by atomic mass is 19.1. The summed E-state index contributed by atoms with van der Waals surface area (Å²) in [4.78, 5) is 17.2. The molecular weight excluding hydrogens is 371 g/mol. The molecule has 0 saturated carbocycles. The van der Waals surface area contributed by atoms with Crippen LogP contribution in [-0.2, 0) is 0 Å². The van der Waals surface area contributed by atoms with Gasteiger partial charge >= 0.3 is 0 Å². The third kappa shape index (κ3) is 3.98. The first-order valence-corrected chi connectivity index (χ1v) is 8.88. The molecule has 1 amide bonds. The zero-order valence-electron chi connectivity index (χ0n) is 15.5. The van der Waals surface area contributed by atoms with Gasteiger partial charge in [0.15, 0.2) is 5.82 Å². The number of nitrogens with zero attached hydrogens (tertiary/aromatic N) is 3. The van der Waals surface area contributed by atoms with E-state index in [9.17, 15) is 9.18 Å². The Labute approximate surface area is 166 Å². The van der Waals surface area contributed by atoms with Gasteiger partial charge in [0.1, 0.15) is 11.6 Å². The molecule has 144 valence electrons. The van der Waals surface area contributed by atoms with Gasteiger partial charge in [-0.25, -0.2) is 14.1 Å². The van der Waals surface area contributed by atoms with Crippen molar-refractivity contribution in [1.82, 2.24) is 14.8 Å². The molecule has 0 aliphatic carbocycles. The molecule has 0 aliphatic rings. The predicted molar refractivity (Wildman–Crippen MR) is 108 cm³/mol. The minimum atomic E-state index is -0.462. The van der Waals surface area contributed by atoms with Crippen LogP contribution in [0.3, 0.4) is 0 Å². The number of carbonyl (C=O) groups is 1. The molecule has 4 rings (SSSR count). The Hall–Kier alpha value is -4.00. The van der Waals surface area contributed by atoms with Crippen LogP contribution in [0, 0.1) is 5.82 Å². The molecule has 0 fully saturated rings. The second-order valence-corrected chi connectivity index (χ2v) is 6.20. The van der Waals surface area contributed by atoms with Gasteiger partial charge in [0.05, 0.1) is 12.8 Å². The summed E-state index contributed by atoms with van der Waals surface area (Å²) in [5, 5.41) is 7.13. The average Bonchev–Trinajstić information content (AvgIpc) is 3.21. The zero-order chi connectivity index (χ0) is 20.2. The van der Waals surface area contributed by atoms with Crippen molar-refractivity contribution in [3.05, 3.63) is 90.5 Å². The summed E-state index contributed by atoms with van der Waals surface area (Å²) >= 11 is 0. The molecular formula is C22H17FN4O2. The minimum absolute atomic E-state index is 0.00371. The maximum absolute atomic E-state index is 13.3. The van der Waals surface area contributed by atoms with Crippen molar-refractivity contribution in [3.63, 3.8) is 0 Å². The van der Waals surface area contributed by atoms with E-state index >= 15 is 0 Å². The molecule has 0 spiro atoms. The molecule has 0 aliphatic heterocycles. The predicted octanol–water partition coefficient (Wildman–Crippen LogP) is 4.33. The maximum Gasteiger partial charge on any atom is 0.295 e. The molecule has 0 atom stereocenters. The highest BCUT2D eigenvalue weighted by Gasteiger charge is 2.19. The minimum Gasteiger partial charge on any atom is -0.497 e. The van der Waals surface area contributed by atoms with Gasteiger partial charge in [0.25, 0.3) is 5.91 Å². The molecule has 7 heteroatoms. The fourth-order valence-electron chi connectivity index (χ4n) is 2.83. The third-order valence-electron chi connectivity index (χ3n) is 4.24. The number of amides is 1. The molecule has 29 heavy (non-hydrogen) atoms. The van der Waals surface area contributed by atoms with E-state index in [1.165, 1.54) is 16.8 Å². The number of ether oxygens (including phenoxy) is 1.